The van der Waals surface area contributed by atoms with Crippen LogP contribution in [0.25, 0.3) is 16.7 Å². The number of rotatable bonds is 2. The molecule has 0 aliphatic carbocycles. The summed E-state index contributed by atoms with van der Waals surface area (Å²) in [4.78, 5) is 15.2. The van der Waals surface area contributed by atoms with Gasteiger partial charge in [-0.2, -0.15) is 0 Å². The monoisotopic (exact) mass is 287 g/mol. The zero-order valence-corrected chi connectivity index (χ0v) is 11.3. The standard InChI is InChI=1S/C14H10ClN3O2/c1-9-16-11-4-2-3-5-12(11)17(9)13-7-6-10(15)8-14(13)18(19)20/h2-8H,1H3. The van der Waals surface area contributed by atoms with E-state index < -0.39 is 4.92 Å². The minimum absolute atomic E-state index is 0.0382. The van der Waals surface area contributed by atoms with Gasteiger partial charge in [-0.1, -0.05) is 23.7 Å². The first kappa shape index (κ1) is 12.6. The number of hydrogen-bond acceptors (Lipinski definition) is 3. The number of imidazole rings is 1. The van der Waals surface area contributed by atoms with Gasteiger partial charge in [0.2, 0.25) is 0 Å². The molecule has 0 aliphatic heterocycles. The molecule has 0 atom stereocenters. The molecular formula is C14H10ClN3O2. The number of nitrogens with zero attached hydrogens (tertiary/aromatic N) is 3. The van der Waals surface area contributed by atoms with E-state index in [9.17, 15) is 10.1 Å². The van der Waals surface area contributed by atoms with E-state index in [-0.39, 0.29) is 5.69 Å². The van der Waals surface area contributed by atoms with E-state index in [0.717, 1.165) is 11.0 Å². The number of fused-ring (bicyclic) bond motifs is 1. The van der Waals surface area contributed by atoms with Crippen LogP contribution in [0.15, 0.2) is 42.5 Å². The van der Waals surface area contributed by atoms with Crippen molar-refractivity contribution in [1.29, 1.82) is 0 Å². The summed E-state index contributed by atoms with van der Waals surface area (Å²) < 4.78 is 1.77. The Morgan fingerprint density at radius 1 is 1.25 bits per heavy atom. The van der Waals surface area contributed by atoms with E-state index in [2.05, 4.69) is 4.98 Å². The van der Waals surface area contributed by atoms with Crippen LogP contribution in [0.5, 0.6) is 0 Å². The Balaban J connectivity index is 2.36. The van der Waals surface area contributed by atoms with E-state index in [0.29, 0.717) is 16.5 Å². The summed E-state index contributed by atoms with van der Waals surface area (Å²) in [6.45, 7) is 1.82. The Morgan fingerprint density at radius 3 is 2.75 bits per heavy atom. The van der Waals surface area contributed by atoms with Crippen LogP contribution in [0, 0.1) is 17.0 Å². The van der Waals surface area contributed by atoms with Crippen LogP contribution < -0.4 is 0 Å². The molecule has 0 amide bonds. The molecular weight excluding hydrogens is 278 g/mol. The lowest BCUT2D eigenvalue weighted by atomic mass is 10.2. The van der Waals surface area contributed by atoms with Gasteiger partial charge in [0.15, 0.2) is 0 Å². The van der Waals surface area contributed by atoms with Crippen molar-refractivity contribution < 1.29 is 4.92 Å². The number of nitro groups is 1. The number of aryl methyl sites for hydroxylation is 1. The van der Waals surface area contributed by atoms with Gasteiger partial charge in [0, 0.05) is 11.1 Å². The molecule has 6 heteroatoms. The Labute approximate surface area is 119 Å². The van der Waals surface area contributed by atoms with Crippen molar-refractivity contribution in [3.63, 3.8) is 0 Å². The van der Waals surface area contributed by atoms with E-state index in [1.165, 1.54) is 6.07 Å². The third kappa shape index (κ3) is 1.92. The van der Waals surface area contributed by atoms with Gasteiger partial charge < -0.3 is 0 Å². The van der Waals surface area contributed by atoms with Gasteiger partial charge in [-0.25, -0.2) is 4.98 Å². The van der Waals surface area contributed by atoms with Gasteiger partial charge >= 0.3 is 0 Å². The summed E-state index contributed by atoms with van der Waals surface area (Å²) in [7, 11) is 0. The third-order valence-electron chi connectivity index (χ3n) is 3.10. The SMILES string of the molecule is Cc1nc2ccccc2n1-c1ccc(Cl)cc1[N+](=O)[O-]. The van der Waals surface area contributed by atoms with Gasteiger partial charge in [0.05, 0.1) is 16.0 Å². The molecule has 2 aromatic carbocycles. The van der Waals surface area contributed by atoms with Gasteiger partial charge in [-0.05, 0) is 31.2 Å². The first-order valence-electron chi connectivity index (χ1n) is 5.96. The first-order valence-corrected chi connectivity index (χ1v) is 6.34. The number of hydrogen-bond donors (Lipinski definition) is 0. The van der Waals surface area contributed by atoms with Gasteiger partial charge in [-0.15, -0.1) is 0 Å². The fraction of sp³-hybridized carbons (Fsp3) is 0.0714. The van der Waals surface area contributed by atoms with E-state index >= 15 is 0 Å². The van der Waals surface area contributed by atoms with Crippen LogP contribution in [0.3, 0.4) is 0 Å². The Hall–Kier alpha value is -2.40. The molecule has 3 aromatic rings. The highest BCUT2D eigenvalue weighted by Crippen LogP contribution is 2.30. The Bertz CT molecular complexity index is 826. The fourth-order valence-electron chi connectivity index (χ4n) is 2.28. The summed E-state index contributed by atoms with van der Waals surface area (Å²) in [6, 6.07) is 12.1. The third-order valence-corrected chi connectivity index (χ3v) is 3.34. The van der Waals surface area contributed by atoms with Crippen molar-refractivity contribution >= 4 is 28.3 Å². The van der Waals surface area contributed by atoms with Crippen molar-refractivity contribution in [3.05, 3.63) is 63.4 Å². The summed E-state index contributed by atoms with van der Waals surface area (Å²) in [5.74, 6) is 0.691. The molecule has 0 spiro atoms. The van der Waals surface area contributed by atoms with Crippen molar-refractivity contribution in [1.82, 2.24) is 9.55 Å². The lowest BCUT2D eigenvalue weighted by molar-refractivity contribution is -0.384. The molecule has 0 radical (unpaired) electrons. The maximum Gasteiger partial charge on any atom is 0.294 e. The number of aromatic nitrogens is 2. The van der Waals surface area contributed by atoms with E-state index in [1.807, 2.05) is 31.2 Å². The summed E-state index contributed by atoms with van der Waals surface area (Å²) in [5.41, 5.74) is 2.05. The van der Waals surface area contributed by atoms with Crippen LogP contribution in [-0.4, -0.2) is 14.5 Å². The van der Waals surface area contributed by atoms with Crippen molar-refractivity contribution in [3.8, 4) is 5.69 Å². The Kier molecular flexibility index (Phi) is 2.91. The molecule has 100 valence electrons. The smallest absolute Gasteiger partial charge is 0.290 e. The highest BCUT2D eigenvalue weighted by molar-refractivity contribution is 6.30. The molecule has 0 N–H and O–H groups in total. The Morgan fingerprint density at radius 2 is 2.00 bits per heavy atom. The molecule has 0 saturated carbocycles. The molecule has 0 saturated heterocycles. The van der Waals surface area contributed by atoms with Crippen molar-refractivity contribution in [2.75, 3.05) is 0 Å². The van der Waals surface area contributed by atoms with Crippen LogP contribution >= 0.6 is 11.6 Å². The molecule has 0 fully saturated rings. The minimum Gasteiger partial charge on any atom is -0.290 e. The van der Waals surface area contributed by atoms with Crippen LogP contribution in [0.4, 0.5) is 5.69 Å². The summed E-state index contributed by atoms with van der Waals surface area (Å²) in [5, 5.41) is 11.6. The number of nitro benzene ring substituents is 1. The topological polar surface area (TPSA) is 61.0 Å². The van der Waals surface area contributed by atoms with Crippen LogP contribution in [-0.2, 0) is 0 Å². The second kappa shape index (κ2) is 4.61. The molecule has 1 aromatic heterocycles. The lowest BCUT2D eigenvalue weighted by Crippen LogP contribution is -2.02. The van der Waals surface area contributed by atoms with Gasteiger partial charge in [-0.3, -0.25) is 14.7 Å². The highest BCUT2D eigenvalue weighted by Gasteiger charge is 2.19. The average Bonchev–Trinajstić information content (AvgIpc) is 2.74. The van der Waals surface area contributed by atoms with Crippen LogP contribution in [0.2, 0.25) is 5.02 Å². The maximum atomic E-state index is 11.2. The molecule has 0 unspecified atom stereocenters. The molecule has 0 bridgehead atoms. The second-order valence-corrected chi connectivity index (χ2v) is 4.81. The van der Waals surface area contributed by atoms with Gasteiger partial charge in [0.25, 0.3) is 5.69 Å². The normalized spacial score (nSPS) is 10.9. The zero-order valence-electron chi connectivity index (χ0n) is 10.6. The zero-order chi connectivity index (χ0) is 14.3. The quantitative estimate of drug-likeness (QED) is 0.530. The molecule has 20 heavy (non-hydrogen) atoms. The summed E-state index contributed by atoms with van der Waals surface area (Å²) >= 11 is 5.85. The second-order valence-electron chi connectivity index (χ2n) is 4.37. The van der Waals surface area contributed by atoms with E-state index in [1.54, 1.807) is 16.7 Å². The number of benzene rings is 2. The molecule has 5 nitrogen and oxygen atoms in total. The van der Waals surface area contributed by atoms with E-state index in [4.69, 9.17) is 11.6 Å². The van der Waals surface area contributed by atoms with Gasteiger partial charge in [0.1, 0.15) is 11.5 Å². The fourth-order valence-corrected chi connectivity index (χ4v) is 2.45. The van der Waals surface area contributed by atoms with Crippen molar-refractivity contribution in [2.45, 2.75) is 6.92 Å². The molecule has 3 rings (SSSR count). The number of para-hydroxylation sites is 2. The molecule has 0 aliphatic rings. The largest absolute Gasteiger partial charge is 0.294 e. The summed E-state index contributed by atoms with van der Waals surface area (Å²) in [6.07, 6.45) is 0. The highest BCUT2D eigenvalue weighted by atomic mass is 35.5. The lowest BCUT2D eigenvalue weighted by Gasteiger charge is -2.08. The maximum absolute atomic E-state index is 11.2. The van der Waals surface area contributed by atoms with Crippen molar-refractivity contribution in [2.24, 2.45) is 0 Å². The first-order chi connectivity index (χ1) is 9.58. The predicted octanol–water partition coefficient (Wildman–Crippen LogP) is 3.90. The van der Waals surface area contributed by atoms with Crippen LogP contribution in [0.1, 0.15) is 5.82 Å². The number of halogens is 1. The predicted molar refractivity (Wildman–Crippen MR) is 77.5 cm³/mol. The minimum atomic E-state index is -0.435. The average molecular weight is 288 g/mol. The molecule has 1 heterocycles.